The zero-order valence-electron chi connectivity index (χ0n) is 12.1. The second-order valence-electron chi connectivity index (χ2n) is 6.87. The van der Waals surface area contributed by atoms with Crippen molar-refractivity contribution in [3.05, 3.63) is 9.28 Å². The molecule has 96 valence electrons. The summed E-state index contributed by atoms with van der Waals surface area (Å²) in [6.45, 7) is 19.4. The second kappa shape index (κ2) is 5.67. The largest absolute Gasteiger partial charge is 0.413 e. The van der Waals surface area contributed by atoms with Crippen LogP contribution in [0.3, 0.4) is 0 Å². The Hall–Kier alpha value is 0.864. The molecule has 0 spiro atoms. The van der Waals surface area contributed by atoms with Crippen molar-refractivity contribution in [1.29, 1.82) is 0 Å². The molecule has 1 nitrogen and oxygen atoms in total. The van der Waals surface area contributed by atoms with Crippen molar-refractivity contribution in [1.82, 2.24) is 0 Å². The molecule has 0 aromatic rings. The first-order valence-corrected chi connectivity index (χ1v) is 13.4. The molecule has 0 rings (SSSR count). The highest BCUT2D eigenvalue weighted by molar-refractivity contribution is 14.1. The molecule has 0 radical (unpaired) electrons. The predicted octanol–water partition coefficient (Wildman–Crippen LogP) is 5.20. The Labute approximate surface area is 117 Å². The van der Waals surface area contributed by atoms with Crippen molar-refractivity contribution in [2.45, 2.75) is 58.5 Å². The molecular formula is C12H27IOSi2. The van der Waals surface area contributed by atoms with Crippen LogP contribution in [-0.2, 0) is 4.43 Å². The summed E-state index contributed by atoms with van der Waals surface area (Å²) in [7, 11) is -2.68. The molecule has 0 aromatic heterocycles. The zero-order chi connectivity index (χ0) is 13.2. The molecule has 0 saturated heterocycles. The van der Waals surface area contributed by atoms with Crippen molar-refractivity contribution in [3.63, 3.8) is 0 Å². The molecule has 0 aromatic carbocycles. The molecule has 0 aliphatic carbocycles. The minimum atomic E-state index is -1.56. The van der Waals surface area contributed by atoms with E-state index in [1.54, 1.807) is 0 Å². The van der Waals surface area contributed by atoms with E-state index in [1.165, 1.54) is 3.20 Å². The van der Waals surface area contributed by atoms with E-state index >= 15 is 0 Å². The topological polar surface area (TPSA) is 9.23 Å². The van der Waals surface area contributed by atoms with Crippen LogP contribution in [0.25, 0.3) is 0 Å². The molecule has 16 heavy (non-hydrogen) atoms. The maximum atomic E-state index is 6.14. The van der Waals surface area contributed by atoms with Crippen LogP contribution < -0.4 is 0 Å². The summed E-state index contributed by atoms with van der Waals surface area (Å²) < 4.78 is 7.66. The van der Waals surface area contributed by atoms with Crippen LogP contribution in [-0.4, -0.2) is 23.0 Å². The quantitative estimate of drug-likeness (QED) is 0.488. The Morgan fingerprint density at radius 1 is 1.12 bits per heavy atom. The van der Waals surface area contributed by atoms with E-state index in [2.05, 4.69) is 82.2 Å². The maximum Gasteiger partial charge on any atom is 0.192 e. The molecule has 0 aliphatic heterocycles. The smallest absolute Gasteiger partial charge is 0.192 e. The van der Waals surface area contributed by atoms with E-state index in [9.17, 15) is 0 Å². The summed E-state index contributed by atoms with van der Waals surface area (Å²) in [6.07, 6.45) is 2.28. The summed E-state index contributed by atoms with van der Waals surface area (Å²) >= 11 is 2.48. The minimum absolute atomic E-state index is 0.311. The van der Waals surface area contributed by atoms with Crippen molar-refractivity contribution in [2.75, 3.05) is 6.61 Å². The van der Waals surface area contributed by atoms with E-state index < -0.39 is 16.4 Å². The molecular weight excluding hydrogens is 343 g/mol. The fraction of sp³-hybridized carbons (Fsp3) is 0.833. The first kappa shape index (κ1) is 16.9. The second-order valence-corrected chi connectivity index (χ2v) is 18.9. The molecule has 0 atom stereocenters. The Kier molecular flexibility index (Phi) is 5.98. The van der Waals surface area contributed by atoms with Gasteiger partial charge in [0.2, 0.25) is 0 Å². The van der Waals surface area contributed by atoms with Crippen LogP contribution in [0.2, 0.25) is 37.8 Å². The van der Waals surface area contributed by atoms with Crippen LogP contribution in [0, 0.1) is 0 Å². The predicted molar refractivity (Wildman–Crippen MR) is 88.6 cm³/mol. The van der Waals surface area contributed by atoms with Crippen molar-refractivity contribution >= 4 is 39.0 Å². The van der Waals surface area contributed by atoms with Gasteiger partial charge in [0, 0.05) is 0 Å². The monoisotopic (exact) mass is 370 g/mol. The minimum Gasteiger partial charge on any atom is -0.413 e. The lowest BCUT2D eigenvalue weighted by Gasteiger charge is -2.35. The number of hydrogen-bond donors (Lipinski definition) is 0. The van der Waals surface area contributed by atoms with Gasteiger partial charge in [0.1, 0.15) is 0 Å². The molecule has 0 aliphatic rings. The standard InChI is InChI=1S/C12H27IOSi2/c1-12(2,3)16(7,8)14-10-9-11(13)15(4,5)6/h9H,10H2,1-8H3/b11-9-. The Bertz CT molecular complexity index is 259. The van der Waals surface area contributed by atoms with Crippen LogP contribution in [0.5, 0.6) is 0 Å². The average Bonchev–Trinajstić information content (AvgIpc) is 1.99. The molecule has 0 unspecified atom stereocenters. The number of halogens is 1. The lowest BCUT2D eigenvalue weighted by Crippen LogP contribution is -2.40. The van der Waals surface area contributed by atoms with Gasteiger partial charge < -0.3 is 4.43 Å². The summed E-state index contributed by atoms with van der Waals surface area (Å²) in [5, 5.41) is 0.311. The fourth-order valence-electron chi connectivity index (χ4n) is 0.846. The molecule has 0 saturated carbocycles. The molecule has 0 fully saturated rings. The number of rotatable bonds is 4. The third-order valence-corrected chi connectivity index (χ3v) is 14.7. The molecule has 0 amide bonds. The first-order valence-electron chi connectivity index (χ1n) is 5.88. The van der Waals surface area contributed by atoms with E-state index in [1.807, 2.05) is 0 Å². The van der Waals surface area contributed by atoms with Crippen molar-refractivity contribution in [2.24, 2.45) is 0 Å². The molecule has 0 N–H and O–H groups in total. The van der Waals surface area contributed by atoms with E-state index in [4.69, 9.17) is 4.43 Å². The Morgan fingerprint density at radius 3 is 1.88 bits per heavy atom. The van der Waals surface area contributed by atoms with Crippen LogP contribution >= 0.6 is 22.6 Å². The van der Waals surface area contributed by atoms with Crippen molar-refractivity contribution in [3.8, 4) is 0 Å². The van der Waals surface area contributed by atoms with Gasteiger partial charge in [0.05, 0.1) is 14.7 Å². The van der Waals surface area contributed by atoms with Crippen LogP contribution in [0.1, 0.15) is 20.8 Å². The molecule has 0 heterocycles. The number of hydrogen-bond acceptors (Lipinski definition) is 1. The van der Waals surface area contributed by atoms with Gasteiger partial charge in [0.25, 0.3) is 0 Å². The van der Waals surface area contributed by atoms with E-state index in [0.717, 1.165) is 6.61 Å². The highest BCUT2D eigenvalue weighted by atomic mass is 127. The van der Waals surface area contributed by atoms with Gasteiger partial charge in [0.15, 0.2) is 8.32 Å². The molecule has 4 heteroatoms. The van der Waals surface area contributed by atoms with Crippen LogP contribution in [0.4, 0.5) is 0 Å². The van der Waals surface area contributed by atoms with Gasteiger partial charge in [-0.15, -0.1) is 0 Å². The molecule has 0 bridgehead atoms. The highest BCUT2D eigenvalue weighted by Gasteiger charge is 2.36. The third-order valence-electron chi connectivity index (χ3n) is 3.23. The van der Waals surface area contributed by atoms with E-state index in [0.29, 0.717) is 5.04 Å². The Morgan fingerprint density at radius 2 is 1.56 bits per heavy atom. The van der Waals surface area contributed by atoms with Gasteiger partial charge in [-0.25, -0.2) is 0 Å². The maximum absolute atomic E-state index is 6.14. The summed E-state index contributed by atoms with van der Waals surface area (Å²) in [5.41, 5.74) is 0. The SMILES string of the molecule is CC(C)(C)[Si](C)(C)OC/C=C(/I)[Si](C)(C)C. The summed E-state index contributed by atoms with van der Waals surface area (Å²) in [4.78, 5) is 0. The van der Waals surface area contributed by atoms with Gasteiger partial charge in [-0.3, -0.25) is 0 Å². The third kappa shape index (κ3) is 5.47. The fourth-order valence-corrected chi connectivity index (χ4v) is 2.65. The van der Waals surface area contributed by atoms with Gasteiger partial charge in [-0.2, -0.15) is 0 Å². The van der Waals surface area contributed by atoms with Crippen molar-refractivity contribution < 1.29 is 4.43 Å². The lowest BCUT2D eigenvalue weighted by atomic mass is 10.2. The zero-order valence-corrected chi connectivity index (χ0v) is 16.2. The summed E-state index contributed by atoms with van der Waals surface area (Å²) in [6, 6.07) is 0. The first-order chi connectivity index (χ1) is 6.88. The Balaban J connectivity index is 4.39. The van der Waals surface area contributed by atoms with Gasteiger partial charge >= 0.3 is 0 Å². The average molecular weight is 370 g/mol. The van der Waals surface area contributed by atoms with Gasteiger partial charge in [-0.05, 0) is 21.3 Å². The summed E-state index contributed by atoms with van der Waals surface area (Å²) in [5.74, 6) is 0. The highest BCUT2D eigenvalue weighted by Crippen LogP contribution is 2.36. The normalized spacial score (nSPS) is 15.4. The van der Waals surface area contributed by atoms with Crippen LogP contribution in [0.15, 0.2) is 9.28 Å². The lowest BCUT2D eigenvalue weighted by molar-refractivity contribution is 0.328. The van der Waals surface area contributed by atoms with Gasteiger partial charge in [-0.1, -0.05) is 69.1 Å². The van der Waals surface area contributed by atoms with E-state index in [-0.39, 0.29) is 0 Å².